The van der Waals surface area contributed by atoms with Crippen molar-refractivity contribution in [3.8, 4) is 5.75 Å². The van der Waals surface area contributed by atoms with Crippen molar-refractivity contribution in [2.24, 2.45) is 4.99 Å². The van der Waals surface area contributed by atoms with Gasteiger partial charge in [-0.15, -0.1) is 0 Å². The number of piperidine rings is 1. The molecule has 0 saturated carbocycles. The van der Waals surface area contributed by atoms with Crippen molar-refractivity contribution < 1.29 is 14.3 Å². The lowest BCUT2D eigenvalue weighted by molar-refractivity contribution is 0.0978. The summed E-state index contributed by atoms with van der Waals surface area (Å²) < 4.78 is 6.33. The SMILES string of the molecule is Cc1cccc2c1N=C1C3=C(C(=O)c4ccccc4C3=O)C(NCCN3CCCC[C@@H]3C)=CC1O2. The molecule has 2 atom stereocenters. The van der Waals surface area contributed by atoms with Crippen LogP contribution in [0.15, 0.2) is 70.4 Å². The number of carbonyl (C=O) groups excluding carboxylic acids is 2. The minimum atomic E-state index is -0.526. The molecule has 178 valence electrons. The van der Waals surface area contributed by atoms with E-state index in [1.165, 1.54) is 19.3 Å². The van der Waals surface area contributed by atoms with Crippen molar-refractivity contribution in [1.82, 2.24) is 10.2 Å². The number of ketones is 2. The third kappa shape index (κ3) is 3.64. The molecule has 1 N–H and O–H groups in total. The van der Waals surface area contributed by atoms with Gasteiger partial charge in [-0.1, -0.05) is 42.8 Å². The largest absolute Gasteiger partial charge is 0.478 e. The summed E-state index contributed by atoms with van der Waals surface area (Å²) in [6, 6.07) is 13.4. The Morgan fingerprint density at radius 1 is 1.03 bits per heavy atom. The number of carbonyl (C=O) groups is 2. The first-order valence-electron chi connectivity index (χ1n) is 12.5. The van der Waals surface area contributed by atoms with E-state index in [0.717, 1.165) is 18.7 Å². The van der Waals surface area contributed by atoms with Crippen LogP contribution in [0.1, 0.15) is 52.5 Å². The van der Waals surface area contributed by atoms with Crippen molar-refractivity contribution in [2.75, 3.05) is 19.6 Å². The number of fused-ring (bicyclic) bond motifs is 4. The Bertz CT molecular complexity index is 1340. The van der Waals surface area contributed by atoms with E-state index in [2.05, 4.69) is 17.1 Å². The third-order valence-electron chi connectivity index (χ3n) is 7.58. The molecule has 0 radical (unpaired) electrons. The summed E-state index contributed by atoms with van der Waals surface area (Å²) in [5, 5.41) is 3.49. The normalized spacial score (nSPS) is 23.4. The molecular formula is C29H29N3O3. The van der Waals surface area contributed by atoms with Gasteiger partial charge in [0.1, 0.15) is 11.4 Å². The van der Waals surface area contributed by atoms with E-state index >= 15 is 0 Å². The van der Waals surface area contributed by atoms with Gasteiger partial charge in [0.05, 0.1) is 16.9 Å². The molecule has 0 amide bonds. The number of nitrogens with one attached hydrogen (secondary N) is 1. The summed E-state index contributed by atoms with van der Waals surface area (Å²) in [5.41, 5.74) is 4.52. The van der Waals surface area contributed by atoms with Gasteiger partial charge in [-0.25, -0.2) is 4.99 Å². The highest BCUT2D eigenvalue weighted by Crippen LogP contribution is 2.42. The summed E-state index contributed by atoms with van der Waals surface area (Å²) in [6.07, 6.45) is 5.12. The molecule has 1 saturated heterocycles. The standard InChI is InChI=1S/C29H29N3O3/c1-17-8-7-12-22-26(17)31-27-23(35-22)16-21(30-13-15-32-14-6-5-9-18(32)2)24-25(27)29(34)20-11-4-3-10-19(20)28(24)33/h3-4,7-8,10-12,16,18,23,30H,5-6,9,13-15H2,1-2H3/t18-,23?/m0/s1. The van der Waals surface area contributed by atoms with Crippen LogP contribution in [0.4, 0.5) is 5.69 Å². The van der Waals surface area contributed by atoms with Gasteiger partial charge in [-0.05, 0) is 50.9 Å². The summed E-state index contributed by atoms with van der Waals surface area (Å²) in [6.45, 7) is 6.91. The fourth-order valence-corrected chi connectivity index (χ4v) is 5.64. The summed E-state index contributed by atoms with van der Waals surface area (Å²) in [5.74, 6) is 0.379. The molecule has 4 aliphatic rings. The maximum atomic E-state index is 13.7. The summed E-state index contributed by atoms with van der Waals surface area (Å²) in [4.78, 5) is 34.8. The first kappa shape index (κ1) is 22.0. The van der Waals surface area contributed by atoms with Crippen LogP contribution < -0.4 is 10.1 Å². The minimum absolute atomic E-state index is 0.142. The molecule has 1 unspecified atom stereocenters. The van der Waals surface area contributed by atoms with Crippen molar-refractivity contribution >= 4 is 23.0 Å². The molecule has 1 fully saturated rings. The van der Waals surface area contributed by atoms with Gasteiger partial charge in [-0.2, -0.15) is 0 Å². The Morgan fingerprint density at radius 3 is 2.57 bits per heavy atom. The minimum Gasteiger partial charge on any atom is -0.478 e. The quantitative estimate of drug-likeness (QED) is 0.714. The van der Waals surface area contributed by atoms with Gasteiger partial charge in [0.25, 0.3) is 0 Å². The Kier molecular flexibility index (Phi) is 5.41. The predicted octanol–water partition coefficient (Wildman–Crippen LogP) is 4.57. The number of hydrogen-bond acceptors (Lipinski definition) is 6. The van der Waals surface area contributed by atoms with E-state index in [1.807, 2.05) is 31.2 Å². The molecule has 0 spiro atoms. The van der Waals surface area contributed by atoms with Crippen LogP contribution in [0.5, 0.6) is 5.75 Å². The number of allylic oxidation sites excluding steroid dienone is 1. The van der Waals surface area contributed by atoms with Crippen LogP contribution in [0.2, 0.25) is 0 Å². The zero-order chi connectivity index (χ0) is 24.1. The molecule has 2 heterocycles. The maximum Gasteiger partial charge on any atom is 0.196 e. The van der Waals surface area contributed by atoms with Crippen molar-refractivity contribution in [3.63, 3.8) is 0 Å². The summed E-state index contributed by atoms with van der Waals surface area (Å²) >= 11 is 0. The molecule has 2 aromatic rings. The lowest BCUT2D eigenvalue weighted by Crippen LogP contribution is -2.44. The average molecular weight is 468 g/mol. The number of likely N-dealkylation sites (tertiary alicyclic amines) is 1. The van der Waals surface area contributed by atoms with Crippen molar-refractivity contribution in [1.29, 1.82) is 0 Å². The number of hydrogen-bond donors (Lipinski definition) is 1. The lowest BCUT2D eigenvalue weighted by atomic mass is 9.76. The number of rotatable bonds is 4. The molecule has 6 rings (SSSR count). The Balaban J connectivity index is 1.40. The van der Waals surface area contributed by atoms with Crippen LogP contribution in [0.25, 0.3) is 0 Å². The smallest absolute Gasteiger partial charge is 0.196 e. The van der Waals surface area contributed by atoms with E-state index in [1.54, 1.807) is 24.3 Å². The lowest BCUT2D eigenvalue weighted by Gasteiger charge is -2.35. The second-order valence-corrected chi connectivity index (χ2v) is 9.80. The number of para-hydroxylation sites is 1. The second-order valence-electron chi connectivity index (χ2n) is 9.80. The van der Waals surface area contributed by atoms with Gasteiger partial charge in [0.15, 0.2) is 17.7 Å². The maximum absolute atomic E-state index is 13.7. The molecular weight excluding hydrogens is 438 g/mol. The fraction of sp³-hybridized carbons (Fsp3) is 0.345. The van der Waals surface area contributed by atoms with Gasteiger partial charge in [0, 0.05) is 36.0 Å². The zero-order valence-electron chi connectivity index (χ0n) is 20.1. The van der Waals surface area contributed by atoms with E-state index in [4.69, 9.17) is 9.73 Å². The fourth-order valence-electron chi connectivity index (χ4n) is 5.64. The third-order valence-corrected chi connectivity index (χ3v) is 7.58. The topological polar surface area (TPSA) is 71.0 Å². The molecule has 0 bridgehead atoms. The first-order valence-corrected chi connectivity index (χ1v) is 12.5. The first-order chi connectivity index (χ1) is 17.0. The predicted molar refractivity (Wildman–Crippen MR) is 136 cm³/mol. The highest BCUT2D eigenvalue weighted by Gasteiger charge is 2.43. The van der Waals surface area contributed by atoms with Crippen molar-refractivity contribution in [3.05, 3.63) is 82.1 Å². The van der Waals surface area contributed by atoms with Crippen LogP contribution >= 0.6 is 0 Å². The monoisotopic (exact) mass is 467 g/mol. The second kappa shape index (κ2) is 8.61. The van der Waals surface area contributed by atoms with Crippen molar-refractivity contribution in [2.45, 2.75) is 45.3 Å². The zero-order valence-corrected chi connectivity index (χ0v) is 20.1. The molecule has 35 heavy (non-hydrogen) atoms. The molecule has 2 aliphatic heterocycles. The Morgan fingerprint density at radius 2 is 1.80 bits per heavy atom. The Hall–Kier alpha value is -3.51. The van der Waals surface area contributed by atoms with Gasteiger partial charge in [-0.3, -0.25) is 14.5 Å². The van der Waals surface area contributed by atoms with E-state index in [0.29, 0.717) is 57.7 Å². The molecule has 2 aliphatic carbocycles. The van der Waals surface area contributed by atoms with Crippen LogP contribution in [0, 0.1) is 6.92 Å². The molecule has 2 aromatic carbocycles. The number of nitrogens with zero attached hydrogens (tertiary/aromatic N) is 2. The Labute approximate surface area is 205 Å². The molecule has 0 aromatic heterocycles. The molecule has 6 nitrogen and oxygen atoms in total. The van der Waals surface area contributed by atoms with Crippen LogP contribution in [0.3, 0.4) is 0 Å². The number of benzene rings is 2. The summed E-state index contributed by atoms with van der Waals surface area (Å²) in [7, 11) is 0. The highest BCUT2D eigenvalue weighted by molar-refractivity contribution is 6.40. The number of ether oxygens (including phenoxy) is 1. The van der Waals surface area contributed by atoms with E-state index < -0.39 is 6.10 Å². The van der Waals surface area contributed by atoms with E-state index in [-0.39, 0.29) is 11.6 Å². The van der Waals surface area contributed by atoms with Gasteiger partial charge in [0.2, 0.25) is 0 Å². The van der Waals surface area contributed by atoms with Crippen LogP contribution in [-0.2, 0) is 0 Å². The number of aliphatic imine (C=N–C) groups is 1. The highest BCUT2D eigenvalue weighted by atomic mass is 16.5. The molecule has 6 heteroatoms. The van der Waals surface area contributed by atoms with E-state index in [9.17, 15) is 9.59 Å². The van der Waals surface area contributed by atoms with Gasteiger partial charge >= 0.3 is 0 Å². The number of aryl methyl sites for hydroxylation is 1. The average Bonchev–Trinajstić information content (AvgIpc) is 2.87. The van der Waals surface area contributed by atoms with Crippen LogP contribution in [-0.4, -0.2) is 54.0 Å². The van der Waals surface area contributed by atoms with Gasteiger partial charge < -0.3 is 10.1 Å². The number of Topliss-reactive ketones (excluding diaryl/α,β-unsaturated/α-hetero) is 2.